The van der Waals surface area contributed by atoms with Gasteiger partial charge in [0.2, 0.25) is 10.0 Å². The fourth-order valence-electron chi connectivity index (χ4n) is 1.57. The van der Waals surface area contributed by atoms with E-state index in [1.807, 2.05) is 0 Å². The molecule has 1 aromatic carbocycles. The monoisotopic (exact) mass is 300 g/mol. The number of hydrogen-bond acceptors (Lipinski definition) is 5. The molecular weight excluding hydrogens is 284 g/mol. The third-order valence-electron chi connectivity index (χ3n) is 2.71. The molecule has 0 saturated heterocycles. The van der Waals surface area contributed by atoms with Gasteiger partial charge in [0.05, 0.1) is 10.9 Å². The lowest BCUT2D eigenvalue weighted by Crippen LogP contribution is -2.32. The molecule has 0 spiro atoms. The summed E-state index contributed by atoms with van der Waals surface area (Å²) in [6, 6.07) is 4.72. The molecule has 7 nitrogen and oxygen atoms in total. The molecule has 1 rings (SSSR count). The number of aliphatic carboxylic acids is 1. The predicted molar refractivity (Wildman–Crippen MR) is 71.4 cm³/mol. The first kappa shape index (κ1) is 16.3. The minimum absolute atomic E-state index is 0.0195. The predicted octanol–water partition coefficient (Wildman–Crippen LogP) is -0.362. The summed E-state index contributed by atoms with van der Waals surface area (Å²) in [5, 5.41) is 13.5. The van der Waals surface area contributed by atoms with Crippen molar-refractivity contribution in [2.45, 2.75) is 30.2 Å². The van der Waals surface area contributed by atoms with Gasteiger partial charge in [-0.3, -0.25) is 9.59 Å². The molecule has 0 aromatic heterocycles. The van der Waals surface area contributed by atoms with Crippen LogP contribution in [0.2, 0.25) is 0 Å². The van der Waals surface area contributed by atoms with Crippen molar-refractivity contribution >= 4 is 21.8 Å². The van der Waals surface area contributed by atoms with E-state index < -0.39 is 22.0 Å². The van der Waals surface area contributed by atoms with E-state index in [0.29, 0.717) is 5.56 Å². The van der Waals surface area contributed by atoms with Crippen LogP contribution in [-0.2, 0) is 26.0 Å². The average molecular weight is 300 g/mol. The molecule has 0 unspecified atom stereocenters. The van der Waals surface area contributed by atoms with Gasteiger partial charge in [0.25, 0.3) is 0 Å². The zero-order chi connectivity index (χ0) is 15.3. The summed E-state index contributed by atoms with van der Waals surface area (Å²) in [6.07, 6.45) is -0.0770. The maximum atomic E-state index is 11.7. The second kappa shape index (κ2) is 6.60. The lowest BCUT2D eigenvalue weighted by atomic mass is 10.0. The molecule has 0 aliphatic rings. The number of benzene rings is 1. The smallest absolute Gasteiger partial charge is 0.303 e. The first-order valence-electron chi connectivity index (χ1n) is 5.82. The van der Waals surface area contributed by atoms with Gasteiger partial charge in [0, 0.05) is 12.8 Å². The van der Waals surface area contributed by atoms with Crippen molar-refractivity contribution in [2.75, 3.05) is 0 Å². The number of hydrogen-bond donors (Lipinski definition) is 3. The average Bonchev–Trinajstić information content (AvgIpc) is 2.35. The van der Waals surface area contributed by atoms with Crippen LogP contribution in [0.5, 0.6) is 0 Å². The minimum atomic E-state index is -3.76. The Labute approximate surface area is 116 Å². The molecule has 0 bridgehead atoms. The van der Waals surface area contributed by atoms with Gasteiger partial charge in [0.1, 0.15) is 0 Å². The molecule has 1 atom stereocenters. The van der Waals surface area contributed by atoms with Gasteiger partial charge in [-0.2, -0.15) is 0 Å². The topological polar surface area (TPSA) is 141 Å². The minimum Gasteiger partial charge on any atom is -0.481 e. The van der Waals surface area contributed by atoms with E-state index in [2.05, 4.69) is 0 Å². The first-order valence-corrected chi connectivity index (χ1v) is 7.36. The van der Waals surface area contributed by atoms with Crippen molar-refractivity contribution in [3.8, 4) is 0 Å². The summed E-state index contributed by atoms with van der Waals surface area (Å²) < 4.78 is 22.1. The van der Waals surface area contributed by atoms with Crippen molar-refractivity contribution in [1.82, 2.24) is 0 Å². The Morgan fingerprint density at radius 1 is 1.20 bits per heavy atom. The lowest BCUT2D eigenvalue weighted by Gasteiger charge is -2.09. The number of primary sulfonamides is 1. The summed E-state index contributed by atoms with van der Waals surface area (Å²) in [6.45, 7) is 0. The molecule has 0 aliphatic carbocycles. The van der Waals surface area contributed by atoms with Crippen molar-refractivity contribution in [2.24, 2.45) is 10.9 Å². The third kappa shape index (κ3) is 5.08. The molecular formula is C12H16N2O5S. The first-order chi connectivity index (χ1) is 9.20. The number of rotatable bonds is 7. The Balaban J connectivity index is 2.65. The molecule has 8 heteroatoms. The molecule has 0 radical (unpaired) electrons. The Bertz CT molecular complexity index is 595. The lowest BCUT2D eigenvalue weighted by molar-refractivity contribution is -0.137. The van der Waals surface area contributed by atoms with E-state index in [4.69, 9.17) is 16.0 Å². The number of nitrogens with two attached hydrogens (primary N) is 2. The van der Waals surface area contributed by atoms with Gasteiger partial charge in [-0.25, -0.2) is 13.6 Å². The van der Waals surface area contributed by atoms with Crippen molar-refractivity contribution in [1.29, 1.82) is 0 Å². The van der Waals surface area contributed by atoms with E-state index in [9.17, 15) is 18.0 Å². The zero-order valence-electron chi connectivity index (χ0n) is 10.7. The van der Waals surface area contributed by atoms with Gasteiger partial charge in [0.15, 0.2) is 5.78 Å². The van der Waals surface area contributed by atoms with Crippen LogP contribution in [-0.4, -0.2) is 31.3 Å². The molecule has 1 aromatic rings. The van der Waals surface area contributed by atoms with E-state index in [1.54, 1.807) is 0 Å². The van der Waals surface area contributed by atoms with Crippen LogP contribution in [0.1, 0.15) is 18.4 Å². The molecule has 0 aliphatic heterocycles. The summed E-state index contributed by atoms with van der Waals surface area (Å²) >= 11 is 0. The molecule has 20 heavy (non-hydrogen) atoms. The molecule has 5 N–H and O–H groups in total. The third-order valence-corrected chi connectivity index (χ3v) is 3.64. The summed E-state index contributed by atoms with van der Waals surface area (Å²) in [5.41, 5.74) is 6.17. The highest BCUT2D eigenvalue weighted by atomic mass is 32.2. The second-order valence-corrected chi connectivity index (χ2v) is 5.93. The largest absolute Gasteiger partial charge is 0.481 e. The highest BCUT2D eigenvalue weighted by Crippen LogP contribution is 2.10. The maximum absolute atomic E-state index is 11.7. The fourth-order valence-corrected chi connectivity index (χ4v) is 2.08. The van der Waals surface area contributed by atoms with Crippen molar-refractivity contribution in [3.63, 3.8) is 0 Å². The highest BCUT2D eigenvalue weighted by Gasteiger charge is 2.16. The fraction of sp³-hybridized carbons (Fsp3) is 0.333. The van der Waals surface area contributed by atoms with Crippen LogP contribution < -0.4 is 10.9 Å². The summed E-state index contributed by atoms with van der Waals surface area (Å²) in [5.74, 6) is -1.31. The highest BCUT2D eigenvalue weighted by molar-refractivity contribution is 7.89. The molecule has 0 heterocycles. The van der Waals surface area contributed by atoms with Crippen LogP contribution in [0, 0.1) is 0 Å². The van der Waals surface area contributed by atoms with E-state index in [-0.39, 0.29) is 29.9 Å². The molecule has 0 amide bonds. The van der Waals surface area contributed by atoms with Crippen LogP contribution >= 0.6 is 0 Å². The Morgan fingerprint density at radius 3 is 2.20 bits per heavy atom. The van der Waals surface area contributed by atoms with E-state index in [1.165, 1.54) is 24.3 Å². The van der Waals surface area contributed by atoms with Gasteiger partial charge >= 0.3 is 5.97 Å². The normalized spacial score (nSPS) is 12.9. The number of carbonyl (C=O) groups is 2. The van der Waals surface area contributed by atoms with Gasteiger partial charge < -0.3 is 10.8 Å². The van der Waals surface area contributed by atoms with Crippen LogP contribution in [0.3, 0.4) is 0 Å². The SMILES string of the molecule is N[C@@H](CCC(=O)O)C(=O)Cc1ccc(S(N)(=O)=O)cc1. The summed E-state index contributed by atoms with van der Waals surface area (Å²) in [4.78, 5) is 22.1. The second-order valence-electron chi connectivity index (χ2n) is 4.37. The standard InChI is InChI=1S/C12H16N2O5S/c13-10(5-6-12(16)17)11(15)7-8-1-3-9(4-2-8)20(14,18)19/h1-4,10H,5-7,13H2,(H,16,17)(H2,14,18,19)/t10-/m0/s1. The molecule has 0 saturated carbocycles. The number of ketones is 1. The number of sulfonamides is 1. The van der Waals surface area contributed by atoms with Crippen molar-refractivity contribution in [3.05, 3.63) is 29.8 Å². The zero-order valence-corrected chi connectivity index (χ0v) is 11.5. The van der Waals surface area contributed by atoms with Gasteiger partial charge in [-0.15, -0.1) is 0 Å². The van der Waals surface area contributed by atoms with Crippen molar-refractivity contribution < 1.29 is 23.1 Å². The summed E-state index contributed by atoms with van der Waals surface area (Å²) in [7, 11) is -3.76. The molecule has 0 fully saturated rings. The van der Waals surface area contributed by atoms with Gasteiger partial charge in [-0.05, 0) is 24.1 Å². The van der Waals surface area contributed by atoms with E-state index >= 15 is 0 Å². The van der Waals surface area contributed by atoms with E-state index in [0.717, 1.165) is 0 Å². The van der Waals surface area contributed by atoms with Crippen LogP contribution in [0.15, 0.2) is 29.2 Å². The van der Waals surface area contributed by atoms with Crippen LogP contribution in [0.25, 0.3) is 0 Å². The maximum Gasteiger partial charge on any atom is 0.303 e. The molecule has 110 valence electrons. The van der Waals surface area contributed by atoms with Gasteiger partial charge in [-0.1, -0.05) is 12.1 Å². The Kier molecular flexibility index (Phi) is 5.37. The number of carbonyl (C=O) groups excluding carboxylic acids is 1. The quantitative estimate of drug-likeness (QED) is 0.628. The van der Waals surface area contributed by atoms with Crippen LogP contribution in [0.4, 0.5) is 0 Å². The number of carboxylic acids is 1. The number of carboxylic acid groups (broad SMARTS) is 1. The number of Topliss-reactive ketones (excluding diaryl/α,β-unsaturated/α-hetero) is 1. The Hall–Kier alpha value is -1.77. The Morgan fingerprint density at radius 2 is 1.75 bits per heavy atom.